The summed E-state index contributed by atoms with van der Waals surface area (Å²) in [5.74, 6) is 1.07. The van der Waals surface area contributed by atoms with Crippen LogP contribution < -0.4 is 5.73 Å². The summed E-state index contributed by atoms with van der Waals surface area (Å²) in [5, 5.41) is 8.34. The molecule has 0 radical (unpaired) electrons. The van der Waals surface area contributed by atoms with Crippen molar-refractivity contribution in [3.05, 3.63) is 18.1 Å². The molecule has 0 atom stereocenters. The van der Waals surface area contributed by atoms with Crippen molar-refractivity contribution in [3.63, 3.8) is 0 Å². The summed E-state index contributed by atoms with van der Waals surface area (Å²) >= 11 is 0. The third-order valence-electron chi connectivity index (χ3n) is 3.80. The predicted molar refractivity (Wildman–Crippen MR) is 70.1 cm³/mol. The maximum atomic E-state index is 6.47. The highest BCUT2D eigenvalue weighted by Crippen LogP contribution is 2.32. The molecule has 1 saturated carbocycles. The monoisotopic (exact) mass is 261 g/mol. The molecule has 2 aromatic heterocycles. The van der Waals surface area contributed by atoms with Gasteiger partial charge in [0.15, 0.2) is 11.5 Å². The molecular formula is C13H19N5O. The normalized spacial score (nSPS) is 19.3. The first-order chi connectivity index (χ1) is 9.17. The predicted octanol–water partition coefficient (Wildman–Crippen LogP) is 1.98. The first kappa shape index (κ1) is 12.3. The van der Waals surface area contributed by atoms with E-state index >= 15 is 0 Å². The Hall–Kier alpha value is -1.69. The van der Waals surface area contributed by atoms with Crippen LogP contribution in [0.25, 0.3) is 11.6 Å². The molecule has 19 heavy (non-hydrogen) atoms. The standard InChI is InChI=1S/C13H19N5O/c1-18-9-6-10(16-18)11-15-12(17-19-11)13(14)7-4-2-3-5-8-13/h6,9H,2-5,7-8,14H2,1H3. The summed E-state index contributed by atoms with van der Waals surface area (Å²) in [6, 6.07) is 1.85. The van der Waals surface area contributed by atoms with Crippen LogP contribution in [0.4, 0.5) is 0 Å². The van der Waals surface area contributed by atoms with Crippen molar-refractivity contribution in [3.8, 4) is 11.6 Å². The van der Waals surface area contributed by atoms with E-state index < -0.39 is 5.54 Å². The number of nitrogens with zero attached hydrogens (tertiary/aromatic N) is 4. The van der Waals surface area contributed by atoms with Gasteiger partial charge in [-0.25, -0.2) is 0 Å². The molecule has 0 unspecified atom stereocenters. The molecule has 6 nitrogen and oxygen atoms in total. The van der Waals surface area contributed by atoms with Crippen LogP contribution >= 0.6 is 0 Å². The quantitative estimate of drug-likeness (QED) is 0.836. The molecule has 2 N–H and O–H groups in total. The van der Waals surface area contributed by atoms with Crippen molar-refractivity contribution in [1.82, 2.24) is 19.9 Å². The fraction of sp³-hybridized carbons (Fsp3) is 0.615. The third kappa shape index (κ3) is 2.40. The van der Waals surface area contributed by atoms with Gasteiger partial charge in [-0.15, -0.1) is 0 Å². The Morgan fingerprint density at radius 3 is 2.63 bits per heavy atom. The maximum Gasteiger partial charge on any atom is 0.278 e. The molecule has 1 aliphatic carbocycles. The van der Waals surface area contributed by atoms with Crippen LogP contribution in [0.2, 0.25) is 0 Å². The Balaban J connectivity index is 1.87. The van der Waals surface area contributed by atoms with Crippen molar-refractivity contribution in [2.24, 2.45) is 12.8 Å². The Morgan fingerprint density at radius 2 is 2.00 bits per heavy atom. The second-order valence-corrected chi connectivity index (χ2v) is 5.37. The van der Waals surface area contributed by atoms with E-state index in [1.54, 1.807) is 4.68 Å². The van der Waals surface area contributed by atoms with Gasteiger partial charge in [-0.3, -0.25) is 4.68 Å². The topological polar surface area (TPSA) is 82.8 Å². The second-order valence-electron chi connectivity index (χ2n) is 5.37. The average Bonchev–Trinajstić information content (AvgIpc) is 2.97. The number of hydrogen-bond acceptors (Lipinski definition) is 5. The van der Waals surface area contributed by atoms with Crippen molar-refractivity contribution in [2.45, 2.75) is 44.1 Å². The lowest BCUT2D eigenvalue weighted by Crippen LogP contribution is -2.37. The number of nitrogens with two attached hydrogens (primary N) is 1. The van der Waals surface area contributed by atoms with Crippen LogP contribution in [0.15, 0.2) is 16.8 Å². The average molecular weight is 261 g/mol. The Morgan fingerprint density at radius 1 is 1.26 bits per heavy atom. The Bertz CT molecular complexity index is 551. The van der Waals surface area contributed by atoms with Gasteiger partial charge in [-0.05, 0) is 18.9 Å². The van der Waals surface area contributed by atoms with Crippen molar-refractivity contribution in [1.29, 1.82) is 0 Å². The molecule has 2 heterocycles. The zero-order chi connectivity index (χ0) is 13.3. The van der Waals surface area contributed by atoms with E-state index in [4.69, 9.17) is 10.3 Å². The van der Waals surface area contributed by atoms with Crippen molar-refractivity contribution < 1.29 is 4.52 Å². The van der Waals surface area contributed by atoms with Crippen LogP contribution in [0.5, 0.6) is 0 Å². The molecule has 0 aliphatic heterocycles. The van der Waals surface area contributed by atoms with E-state index in [9.17, 15) is 0 Å². The van der Waals surface area contributed by atoms with E-state index in [0.717, 1.165) is 25.7 Å². The molecule has 0 bridgehead atoms. The molecule has 2 aromatic rings. The molecule has 0 saturated heterocycles. The van der Waals surface area contributed by atoms with E-state index in [2.05, 4.69) is 15.2 Å². The molecule has 3 rings (SSSR count). The van der Waals surface area contributed by atoms with Gasteiger partial charge < -0.3 is 10.3 Å². The van der Waals surface area contributed by atoms with Crippen LogP contribution in [0, 0.1) is 0 Å². The van der Waals surface area contributed by atoms with Gasteiger partial charge in [-0.2, -0.15) is 10.1 Å². The number of aryl methyl sites for hydroxylation is 1. The molecule has 1 aliphatic rings. The fourth-order valence-electron chi connectivity index (χ4n) is 2.64. The zero-order valence-electron chi connectivity index (χ0n) is 11.2. The van der Waals surface area contributed by atoms with Gasteiger partial charge in [0.05, 0.1) is 5.54 Å². The highest BCUT2D eigenvalue weighted by atomic mass is 16.5. The summed E-state index contributed by atoms with van der Waals surface area (Å²) in [4.78, 5) is 4.45. The number of aromatic nitrogens is 4. The molecule has 0 spiro atoms. The highest BCUT2D eigenvalue weighted by Gasteiger charge is 2.33. The molecule has 102 valence electrons. The summed E-state index contributed by atoms with van der Waals surface area (Å²) in [7, 11) is 1.86. The molecule has 0 aromatic carbocycles. The summed E-state index contributed by atoms with van der Waals surface area (Å²) in [5.41, 5.74) is 6.72. The van der Waals surface area contributed by atoms with Crippen LogP contribution in [-0.2, 0) is 12.6 Å². The first-order valence-corrected chi connectivity index (χ1v) is 6.80. The fourth-order valence-corrected chi connectivity index (χ4v) is 2.64. The van der Waals surface area contributed by atoms with Gasteiger partial charge in [0.2, 0.25) is 0 Å². The minimum Gasteiger partial charge on any atom is -0.332 e. The van der Waals surface area contributed by atoms with Gasteiger partial charge >= 0.3 is 0 Å². The summed E-state index contributed by atoms with van der Waals surface area (Å²) in [6.07, 6.45) is 8.44. The van der Waals surface area contributed by atoms with Gasteiger partial charge in [0.25, 0.3) is 5.89 Å². The summed E-state index contributed by atoms with van der Waals surface area (Å²) in [6.45, 7) is 0. The lowest BCUT2D eigenvalue weighted by atomic mass is 9.91. The van der Waals surface area contributed by atoms with Crippen LogP contribution in [-0.4, -0.2) is 19.9 Å². The third-order valence-corrected chi connectivity index (χ3v) is 3.80. The lowest BCUT2D eigenvalue weighted by molar-refractivity contribution is 0.334. The van der Waals surface area contributed by atoms with Gasteiger partial charge in [0, 0.05) is 13.2 Å². The summed E-state index contributed by atoms with van der Waals surface area (Å²) < 4.78 is 7.02. The SMILES string of the molecule is Cn1ccc(-c2nc(C3(N)CCCCCC3)no2)n1. The smallest absolute Gasteiger partial charge is 0.278 e. The van der Waals surface area contributed by atoms with Crippen molar-refractivity contribution >= 4 is 0 Å². The molecule has 0 amide bonds. The van der Waals surface area contributed by atoms with Crippen LogP contribution in [0.1, 0.15) is 44.3 Å². The Kier molecular flexibility index (Phi) is 3.10. The minimum atomic E-state index is -0.437. The van der Waals surface area contributed by atoms with Gasteiger partial charge in [-0.1, -0.05) is 30.8 Å². The number of rotatable bonds is 2. The molecule has 1 fully saturated rings. The second kappa shape index (κ2) is 4.77. The van der Waals surface area contributed by atoms with E-state index in [-0.39, 0.29) is 0 Å². The molecule has 6 heteroatoms. The largest absolute Gasteiger partial charge is 0.332 e. The van der Waals surface area contributed by atoms with Gasteiger partial charge in [0.1, 0.15) is 0 Å². The highest BCUT2D eigenvalue weighted by molar-refractivity contribution is 5.45. The lowest BCUT2D eigenvalue weighted by Gasteiger charge is -2.23. The van der Waals surface area contributed by atoms with E-state index in [1.807, 2.05) is 19.3 Å². The van der Waals surface area contributed by atoms with Crippen molar-refractivity contribution in [2.75, 3.05) is 0 Å². The minimum absolute atomic E-state index is 0.437. The number of hydrogen-bond donors (Lipinski definition) is 1. The molecular weight excluding hydrogens is 242 g/mol. The van der Waals surface area contributed by atoms with E-state index in [0.29, 0.717) is 17.4 Å². The Labute approximate surface area is 112 Å². The van der Waals surface area contributed by atoms with Crippen LogP contribution in [0.3, 0.4) is 0 Å². The van der Waals surface area contributed by atoms with E-state index in [1.165, 1.54) is 12.8 Å². The first-order valence-electron chi connectivity index (χ1n) is 6.80. The zero-order valence-corrected chi connectivity index (χ0v) is 11.2. The maximum absolute atomic E-state index is 6.47.